The molecule has 0 radical (unpaired) electrons. The summed E-state index contributed by atoms with van der Waals surface area (Å²) in [6.45, 7) is 1.98. The van der Waals surface area contributed by atoms with E-state index in [0.717, 1.165) is 12.2 Å². The first-order valence-electron chi connectivity index (χ1n) is 7.78. The molecule has 1 unspecified atom stereocenters. The fraction of sp³-hybridized carbons (Fsp3) is 0.176. The lowest BCUT2D eigenvalue weighted by Gasteiger charge is -2.08. The number of para-hydroxylation sites is 1. The van der Waals surface area contributed by atoms with Crippen molar-refractivity contribution in [3.8, 4) is 0 Å². The third-order valence-electron chi connectivity index (χ3n) is 3.73. The molecule has 1 atom stereocenters. The molecule has 0 aliphatic heterocycles. The number of aromatic nitrogens is 5. The molecule has 126 valence electrons. The molecule has 1 aromatic carbocycles. The van der Waals surface area contributed by atoms with Crippen LogP contribution in [0, 0.1) is 0 Å². The maximum atomic E-state index is 12.2. The zero-order valence-corrected chi connectivity index (χ0v) is 15.0. The zero-order chi connectivity index (χ0) is 17.2. The van der Waals surface area contributed by atoms with Crippen LogP contribution in [-0.2, 0) is 6.42 Å². The molecule has 8 heteroatoms. The highest BCUT2D eigenvalue weighted by molar-refractivity contribution is 7.99. The smallest absolute Gasteiger partial charge is 0.258 e. The molecule has 2 N–H and O–H groups in total. The monoisotopic (exact) mass is 369 g/mol. The van der Waals surface area contributed by atoms with E-state index in [1.807, 2.05) is 36.6 Å². The van der Waals surface area contributed by atoms with E-state index in [-0.39, 0.29) is 10.8 Å². The highest BCUT2D eigenvalue weighted by atomic mass is 32.2. The van der Waals surface area contributed by atoms with E-state index in [4.69, 9.17) is 0 Å². The summed E-state index contributed by atoms with van der Waals surface area (Å²) >= 11 is 3.16. The maximum Gasteiger partial charge on any atom is 0.258 e. The predicted octanol–water partition coefficient (Wildman–Crippen LogP) is 3.55. The van der Waals surface area contributed by atoms with Gasteiger partial charge in [-0.2, -0.15) is 0 Å². The second-order valence-corrected chi connectivity index (χ2v) is 7.89. The van der Waals surface area contributed by atoms with Crippen molar-refractivity contribution in [3.05, 3.63) is 68.7 Å². The van der Waals surface area contributed by atoms with E-state index in [2.05, 4.69) is 31.2 Å². The standard InChI is InChI=1S/C17H15N5OS2/c1-10(15-18-13-7-3-2-6-12(13)16(23)20-15)25-17-19-14(21-22-17)9-11-5-4-8-24-11/h2-8,10H,9H2,1H3,(H,18,20,23)(H,19,21,22). The SMILES string of the molecule is CC(Sc1n[nH]c(Cc2cccs2)n1)c1nc2ccccc2c(=O)[nH]1. The second kappa shape index (κ2) is 6.81. The lowest BCUT2D eigenvalue weighted by Crippen LogP contribution is -2.12. The van der Waals surface area contributed by atoms with E-state index in [0.29, 0.717) is 21.9 Å². The number of benzene rings is 1. The number of thioether (sulfide) groups is 1. The van der Waals surface area contributed by atoms with Crippen LogP contribution in [0.3, 0.4) is 0 Å². The molecule has 0 saturated carbocycles. The Bertz CT molecular complexity index is 1050. The topological polar surface area (TPSA) is 87.3 Å². The molecule has 0 fully saturated rings. The Kier molecular flexibility index (Phi) is 4.37. The van der Waals surface area contributed by atoms with Crippen LogP contribution in [0.5, 0.6) is 0 Å². The summed E-state index contributed by atoms with van der Waals surface area (Å²) in [6.07, 6.45) is 0.741. The Morgan fingerprint density at radius 1 is 1.20 bits per heavy atom. The van der Waals surface area contributed by atoms with Gasteiger partial charge in [-0.3, -0.25) is 9.89 Å². The zero-order valence-electron chi connectivity index (χ0n) is 13.4. The lowest BCUT2D eigenvalue weighted by atomic mass is 10.2. The first-order valence-corrected chi connectivity index (χ1v) is 9.54. The lowest BCUT2D eigenvalue weighted by molar-refractivity contribution is 0.904. The van der Waals surface area contributed by atoms with Crippen LogP contribution in [0.15, 0.2) is 51.7 Å². The van der Waals surface area contributed by atoms with Crippen LogP contribution < -0.4 is 5.56 Å². The van der Waals surface area contributed by atoms with Crippen LogP contribution >= 0.6 is 23.1 Å². The number of nitrogens with zero attached hydrogens (tertiary/aromatic N) is 3. The van der Waals surface area contributed by atoms with Crippen LogP contribution in [0.1, 0.15) is 28.7 Å². The maximum absolute atomic E-state index is 12.2. The molecule has 0 saturated heterocycles. The Morgan fingerprint density at radius 3 is 2.92 bits per heavy atom. The Balaban J connectivity index is 1.53. The fourth-order valence-electron chi connectivity index (χ4n) is 2.50. The summed E-state index contributed by atoms with van der Waals surface area (Å²) in [5.74, 6) is 1.45. The van der Waals surface area contributed by atoms with Crippen LogP contribution in [-0.4, -0.2) is 25.1 Å². The van der Waals surface area contributed by atoms with Gasteiger partial charge in [-0.1, -0.05) is 30.0 Å². The highest BCUT2D eigenvalue weighted by Crippen LogP contribution is 2.30. The average molecular weight is 369 g/mol. The van der Waals surface area contributed by atoms with E-state index in [1.165, 1.54) is 16.6 Å². The van der Waals surface area contributed by atoms with Gasteiger partial charge < -0.3 is 4.98 Å². The molecule has 6 nitrogen and oxygen atoms in total. The van der Waals surface area contributed by atoms with Crippen LogP contribution in [0.4, 0.5) is 0 Å². The number of nitrogens with one attached hydrogen (secondary N) is 2. The van der Waals surface area contributed by atoms with E-state index in [1.54, 1.807) is 17.4 Å². The number of H-pyrrole nitrogens is 2. The summed E-state index contributed by atoms with van der Waals surface area (Å²) in [7, 11) is 0. The summed E-state index contributed by atoms with van der Waals surface area (Å²) in [4.78, 5) is 25.4. The molecule has 3 aromatic heterocycles. The van der Waals surface area contributed by atoms with Crippen molar-refractivity contribution in [2.75, 3.05) is 0 Å². The molecule has 0 bridgehead atoms. The minimum Gasteiger partial charge on any atom is -0.309 e. The number of thiophene rings is 1. The van der Waals surface area contributed by atoms with Gasteiger partial charge in [0.2, 0.25) is 5.16 Å². The normalized spacial score (nSPS) is 12.5. The largest absolute Gasteiger partial charge is 0.309 e. The first kappa shape index (κ1) is 16.0. The Hall–Kier alpha value is -2.45. The predicted molar refractivity (Wildman–Crippen MR) is 100 cm³/mol. The molecule has 0 aliphatic carbocycles. The van der Waals surface area contributed by atoms with Gasteiger partial charge in [-0.15, -0.1) is 16.4 Å². The quantitative estimate of drug-likeness (QED) is 0.525. The number of fused-ring (bicyclic) bond motifs is 1. The third-order valence-corrected chi connectivity index (χ3v) is 5.58. The highest BCUT2D eigenvalue weighted by Gasteiger charge is 2.15. The van der Waals surface area contributed by atoms with Gasteiger partial charge in [0.25, 0.3) is 5.56 Å². The second-order valence-electron chi connectivity index (χ2n) is 5.55. The minimum absolute atomic E-state index is 0.0670. The molecule has 4 aromatic rings. The number of hydrogen-bond donors (Lipinski definition) is 2. The molecule has 0 aliphatic rings. The molecule has 4 rings (SSSR count). The number of hydrogen-bond acceptors (Lipinski definition) is 6. The minimum atomic E-state index is -0.124. The van der Waals surface area contributed by atoms with Gasteiger partial charge in [0.1, 0.15) is 11.6 Å². The molecule has 3 heterocycles. The van der Waals surface area contributed by atoms with Crippen molar-refractivity contribution in [2.45, 2.75) is 23.8 Å². The van der Waals surface area contributed by atoms with E-state index < -0.39 is 0 Å². The molecule has 25 heavy (non-hydrogen) atoms. The number of aromatic amines is 2. The van der Waals surface area contributed by atoms with Crippen LogP contribution in [0.2, 0.25) is 0 Å². The van der Waals surface area contributed by atoms with E-state index >= 15 is 0 Å². The van der Waals surface area contributed by atoms with Crippen LogP contribution in [0.25, 0.3) is 10.9 Å². The summed E-state index contributed by atoms with van der Waals surface area (Å²) < 4.78 is 0. The van der Waals surface area contributed by atoms with E-state index in [9.17, 15) is 4.79 Å². The molecular weight excluding hydrogens is 354 g/mol. The number of rotatable bonds is 5. The Labute approximate surface area is 151 Å². The van der Waals surface area contributed by atoms with Crippen molar-refractivity contribution < 1.29 is 0 Å². The summed E-state index contributed by atoms with van der Waals surface area (Å²) in [5, 5.41) is 10.5. The van der Waals surface area contributed by atoms with Gasteiger partial charge >= 0.3 is 0 Å². The van der Waals surface area contributed by atoms with Gasteiger partial charge in [0.15, 0.2) is 0 Å². The van der Waals surface area contributed by atoms with Crippen molar-refractivity contribution in [1.29, 1.82) is 0 Å². The fourth-order valence-corrected chi connectivity index (χ4v) is 4.01. The van der Waals surface area contributed by atoms with Crippen molar-refractivity contribution in [2.24, 2.45) is 0 Å². The van der Waals surface area contributed by atoms with Gasteiger partial charge in [-0.05, 0) is 30.5 Å². The molecular formula is C17H15N5OS2. The first-order chi connectivity index (χ1) is 12.2. The average Bonchev–Trinajstić information content (AvgIpc) is 3.27. The molecule has 0 amide bonds. The van der Waals surface area contributed by atoms with Crippen molar-refractivity contribution in [1.82, 2.24) is 25.1 Å². The Morgan fingerprint density at radius 2 is 2.08 bits per heavy atom. The van der Waals surface area contributed by atoms with Crippen molar-refractivity contribution in [3.63, 3.8) is 0 Å². The van der Waals surface area contributed by atoms with Gasteiger partial charge in [0, 0.05) is 11.3 Å². The van der Waals surface area contributed by atoms with Gasteiger partial charge in [0.05, 0.1) is 16.2 Å². The summed E-state index contributed by atoms with van der Waals surface area (Å²) in [6, 6.07) is 11.4. The summed E-state index contributed by atoms with van der Waals surface area (Å²) in [5.41, 5.74) is 0.573. The molecule has 0 spiro atoms. The van der Waals surface area contributed by atoms with Gasteiger partial charge in [-0.25, -0.2) is 9.97 Å². The van der Waals surface area contributed by atoms with Crippen molar-refractivity contribution >= 4 is 34.0 Å². The third kappa shape index (κ3) is 3.49.